The standard InChI is InChI=1S/C34H26N6/c1-3-39-31-11-7-5-9-25(31)27-17-23(13-15-33(27)39)21-37-29(19-35)30(20-36)38-22-24-14-16-34-28(18-24)26-10-6-8-12-32(26)40(34)4-2/h5-18,21-22H,3-4H2,1-2H3/b30-29+,37-21?,38-22?. The maximum atomic E-state index is 9.79. The molecule has 0 amide bonds. The summed E-state index contributed by atoms with van der Waals surface area (Å²) in [6, 6.07) is 33.0. The lowest BCUT2D eigenvalue weighted by molar-refractivity contribution is 0.827. The van der Waals surface area contributed by atoms with Gasteiger partial charge >= 0.3 is 0 Å². The summed E-state index contributed by atoms with van der Waals surface area (Å²) in [5, 5.41) is 24.2. The Morgan fingerprint density at radius 3 is 1.40 bits per heavy atom. The number of hydrogen-bond donors (Lipinski definition) is 0. The molecule has 6 aromatic rings. The van der Waals surface area contributed by atoms with Crippen LogP contribution in [-0.4, -0.2) is 21.6 Å². The Balaban J connectivity index is 1.34. The van der Waals surface area contributed by atoms with Gasteiger partial charge in [0.1, 0.15) is 12.1 Å². The third-order valence-corrected chi connectivity index (χ3v) is 7.35. The van der Waals surface area contributed by atoms with Crippen molar-refractivity contribution in [2.45, 2.75) is 26.9 Å². The fraction of sp³-hybridized carbons (Fsp3) is 0.118. The molecule has 0 atom stereocenters. The zero-order valence-corrected chi connectivity index (χ0v) is 22.3. The van der Waals surface area contributed by atoms with Gasteiger partial charge in [-0.25, -0.2) is 9.98 Å². The molecular formula is C34H26N6. The minimum Gasteiger partial charge on any atom is -0.341 e. The molecule has 0 unspecified atom stereocenters. The molecule has 0 saturated carbocycles. The van der Waals surface area contributed by atoms with Crippen molar-refractivity contribution in [3.63, 3.8) is 0 Å². The lowest BCUT2D eigenvalue weighted by Crippen LogP contribution is -1.93. The van der Waals surface area contributed by atoms with Gasteiger partial charge in [-0.15, -0.1) is 0 Å². The first kappa shape index (κ1) is 24.9. The van der Waals surface area contributed by atoms with Gasteiger partial charge in [0.25, 0.3) is 0 Å². The van der Waals surface area contributed by atoms with E-state index in [1.165, 1.54) is 21.8 Å². The summed E-state index contributed by atoms with van der Waals surface area (Å²) in [5.41, 5.74) is 6.31. The zero-order valence-electron chi connectivity index (χ0n) is 22.3. The quantitative estimate of drug-likeness (QED) is 0.167. The van der Waals surface area contributed by atoms with E-state index in [9.17, 15) is 10.5 Å². The van der Waals surface area contributed by atoms with Gasteiger partial charge in [0.2, 0.25) is 0 Å². The molecule has 6 rings (SSSR count). The van der Waals surface area contributed by atoms with Gasteiger partial charge in [-0.05, 0) is 61.4 Å². The van der Waals surface area contributed by atoms with Crippen LogP contribution in [0.15, 0.2) is 106 Å². The molecule has 40 heavy (non-hydrogen) atoms. The van der Waals surface area contributed by atoms with Crippen LogP contribution in [0.3, 0.4) is 0 Å². The van der Waals surface area contributed by atoms with E-state index in [1.807, 2.05) is 48.5 Å². The highest BCUT2D eigenvalue weighted by Crippen LogP contribution is 2.30. The smallest absolute Gasteiger partial charge is 0.176 e. The molecule has 0 bridgehead atoms. The minimum absolute atomic E-state index is 0.0292. The van der Waals surface area contributed by atoms with Crippen LogP contribution in [0.25, 0.3) is 43.6 Å². The zero-order chi connectivity index (χ0) is 27.6. The third kappa shape index (κ3) is 4.13. The van der Waals surface area contributed by atoms with Gasteiger partial charge in [-0.2, -0.15) is 10.5 Å². The second-order valence-electron chi connectivity index (χ2n) is 9.51. The number of nitrogens with zero attached hydrogens (tertiary/aromatic N) is 6. The number of fused-ring (bicyclic) bond motifs is 6. The Hall–Kier alpha value is -5.46. The van der Waals surface area contributed by atoms with Gasteiger partial charge in [0.05, 0.1) is 0 Å². The SMILES string of the molecule is CCn1c2ccccc2c2cc(C=N/C(C#N)=C(\C#N)N=Cc3ccc4c(c3)c3ccccc3n4CC)ccc21. The lowest BCUT2D eigenvalue weighted by Gasteiger charge is -2.02. The minimum atomic E-state index is -0.0292. The molecule has 0 radical (unpaired) electrons. The van der Waals surface area contributed by atoms with Gasteiger partial charge in [0, 0.05) is 69.1 Å². The third-order valence-electron chi connectivity index (χ3n) is 7.35. The number of nitriles is 2. The highest BCUT2D eigenvalue weighted by Gasteiger charge is 2.11. The van der Waals surface area contributed by atoms with E-state index in [-0.39, 0.29) is 11.4 Å². The first-order chi connectivity index (χ1) is 19.7. The monoisotopic (exact) mass is 518 g/mol. The fourth-order valence-electron chi connectivity index (χ4n) is 5.55. The number of benzene rings is 4. The number of hydrogen-bond acceptors (Lipinski definition) is 4. The topological polar surface area (TPSA) is 82.2 Å². The van der Waals surface area contributed by atoms with Gasteiger partial charge in [0.15, 0.2) is 11.4 Å². The average Bonchev–Trinajstić information content (AvgIpc) is 3.50. The van der Waals surface area contributed by atoms with Crippen LogP contribution < -0.4 is 0 Å². The highest BCUT2D eigenvalue weighted by molar-refractivity contribution is 6.10. The molecule has 0 fully saturated rings. The molecular weight excluding hydrogens is 492 g/mol. The fourth-order valence-corrected chi connectivity index (χ4v) is 5.55. The molecule has 0 aliphatic carbocycles. The van der Waals surface area contributed by atoms with Gasteiger partial charge in [-0.1, -0.05) is 48.5 Å². The van der Waals surface area contributed by atoms with Crippen molar-refractivity contribution in [2.75, 3.05) is 0 Å². The van der Waals surface area contributed by atoms with Crippen LogP contribution in [0.1, 0.15) is 25.0 Å². The summed E-state index contributed by atoms with van der Waals surface area (Å²) < 4.78 is 4.57. The molecule has 2 aromatic heterocycles. The van der Waals surface area contributed by atoms with E-state index in [2.05, 4.69) is 81.5 Å². The van der Waals surface area contributed by atoms with Crippen LogP contribution >= 0.6 is 0 Å². The molecule has 6 heteroatoms. The van der Waals surface area contributed by atoms with Crippen molar-refractivity contribution in [1.82, 2.24) is 9.13 Å². The Labute approximate surface area is 232 Å². The van der Waals surface area contributed by atoms with Crippen molar-refractivity contribution in [3.05, 3.63) is 107 Å². The molecule has 192 valence electrons. The summed E-state index contributed by atoms with van der Waals surface area (Å²) in [4.78, 5) is 8.72. The predicted octanol–water partition coefficient (Wildman–Crippen LogP) is 7.74. The number of aliphatic imine (C=N–C) groups is 2. The lowest BCUT2D eigenvalue weighted by atomic mass is 10.1. The van der Waals surface area contributed by atoms with Gasteiger partial charge < -0.3 is 9.13 Å². The van der Waals surface area contributed by atoms with E-state index >= 15 is 0 Å². The molecule has 0 aliphatic heterocycles. The summed E-state index contributed by atoms with van der Waals surface area (Å²) in [5.74, 6) is 0. The van der Waals surface area contributed by atoms with E-state index in [0.29, 0.717) is 0 Å². The molecule has 6 nitrogen and oxygen atoms in total. The Kier molecular flexibility index (Phi) is 6.44. The molecule has 0 spiro atoms. The summed E-state index contributed by atoms with van der Waals surface area (Å²) in [6.45, 7) is 6.01. The summed E-state index contributed by atoms with van der Waals surface area (Å²) in [6.07, 6.45) is 3.24. The predicted molar refractivity (Wildman–Crippen MR) is 164 cm³/mol. The normalized spacial score (nSPS) is 12.6. The average molecular weight is 519 g/mol. The van der Waals surface area contributed by atoms with Gasteiger partial charge in [-0.3, -0.25) is 0 Å². The Morgan fingerprint density at radius 2 is 1.00 bits per heavy atom. The van der Waals surface area contributed by atoms with E-state index in [4.69, 9.17) is 0 Å². The maximum absolute atomic E-state index is 9.79. The van der Waals surface area contributed by atoms with Crippen LogP contribution in [0.2, 0.25) is 0 Å². The Bertz CT molecular complexity index is 1950. The van der Waals surface area contributed by atoms with E-state index < -0.39 is 0 Å². The second kappa shape index (κ2) is 10.4. The first-order valence-electron chi connectivity index (χ1n) is 13.3. The number of allylic oxidation sites excluding steroid dienone is 2. The molecule has 4 aromatic carbocycles. The largest absolute Gasteiger partial charge is 0.341 e. The highest BCUT2D eigenvalue weighted by atomic mass is 15.0. The van der Waals surface area contributed by atoms with Crippen molar-refractivity contribution in [1.29, 1.82) is 10.5 Å². The molecule has 0 saturated heterocycles. The number of aryl methyl sites for hydroxylation is 2. The molecule has 0 aliphatic rings. The summed E-state index contributed by atoms with van der Waals surface area (Å²) in [7, 11) is 0. The molecule has 0 N–H and O–H groups in total. The first-order valence-corrected chi connectivity index (χ1v) is 13.3. The number of rotatable bonds is 6. The second-order valence-corrected chi connectivity index (χ2v) is 9.51. The Morgan fingerprint density at radius 1 is 0.600 bits per heavy atom. The van der Waals surface area contributed by atoms with E-state index in [1.54, 1.807) is 12.4 Å². The van der Waals surface area contributed by atoms with Crippen LogP contribution in [0.5, 0.6) is 0 Å². The maximum Gasteiger partial charge on any atom is 0.176 e. The van der Waals surface area contributed by atoms with Crippen LogP contribution in [0, 0.1) is 22.7 Å². The van der Waals surface area contributed by atoms with Crippen molar-refractivity contribution < 1.29 is 0 Å². The van der Waals surface area contributed by atoms with Crippen molar-refractivity contribution >= 4 is 56.0 Å². The number of aromatic nitrogens is 2. The van der Waals surface area contributed by atoms with Crippen LogP contribution in [0.4, 0.5) is 0 Å². The van der Waals surface area contributed by atoms with Crippen molar-refractivity contribution in [3.8, 4) is 12.1 Å². The van der Waals surface area contributed by atoms with E-state index in [0.717, 1.165) is 46.0 Å². The summed E-state index contributed by atoms with van der Waals surface area (Å²) >= 11 is 0. The van der Waals surface area contributed by atoms with Crippen LogP contribution in [-0.2, 0) is 13.1 Å². The molecule has 2 heterocycles. The van der Waals surface area contributed by atoms with Crippen molar-refractivity contribution in [2.24, 2.45) is 9.98 Å². The number of para-hydroxylation sites is 2.